The molecule has 10 heteroatoms. The molecule has 1 amide bonds. The Bertz CT molecular complexity index is 732. The Hall–Kier alpha value is -2.75. The van der Waals surface area contributed by atoms with Gasteiger partial charge in [0.25, 0.3) is 0 Å². The zero-order chi connectivity index (χ0) is 18.6. The van der Waals surface area contributed by atoms with Crippen LogP contribution in [0.4, 0.5) is 11.6 Å². The summed E-state index contributed by atoms with van der Waals surface area (Å²) in [4.78, 5) is 24.8. The Balaban J connectivity index is 1.29. The van der Waals surface area contributed by atoms with Crippen LogP contribution in [0.2, 0.25) is 0 Å². The third kappa shape index (κ3) is 4.16. The molecule has 2 aromatic rings. The summed E-state index contributed by atoms with van der Waals surface area (Å²) in [6.07, 6.45) is 3.00. The summed E-state index contributed by atoms with van der Waals surface area (Å²) >= 11 is 0. The molecule has 0 N–H and O–H groups in total. The van der Waals surface area contributed by atoms with E-state index in [1.807, 2.05) is 11.0 Å². The lowest BCUT2D eigenvalue weighted by Gasteiger charge is -2.35. The van der Waals surface area contributed by atoms with Gasteiger partial charge in [0.1, 0.15) is 19.2 Å². The van der Waals surface area contributed by atoms with Crippen LogP contribution in [0.5, 0.6) is 0 Å². The molecule has 0 saturated carbocycles. The summed E-state index contributed by atoms with van der Waals surface area (Å²) in [5.41, 5.74) is 0. The third-order valence-electron chi connectivity index (χ3n) is 5.18. The number of carbonyl (C=O) groups excluding carboxylic acids is 1. The molecule has 4 rings (SSSR count). The molecular formula is C17H25N9O. The van der Waals surface area contributed by atoms with Crippen molar-refractivity contribution in [3.63, 3.8) is 0 Å². The van der Waals surface area contributed by atoms with E-state index in [0.29, 0.717) is 13.1 Å². The molecule has 0 bridgehead atoms. The molecule has 2 aromatic heterocycles. The van der Waals surface area contributed by atoms with Crippen molar-refractivity contribution >= 4 is 17.5 Å². The van der Waals surface area contributed by atoms with Gasteiger partial charge in [-0.15, -0.1) is 10.2 Å². The molecule has 2 aliphatic heterocycles. The summed E-state index contributed by atoms with van der Waals surface area (Å²) in [5, 5.41) is 12.8. The Morgan fingerprint density at radius 1 is 0.926 bits per heavy atom. The number of carbonyl (C=O) groups is 1. The standard InChI is InChI=1S/C17H25N9O/c1-22-4-6-23(7-5-22)15-2-3-16(21-20-15)24-8-10-25(11-9-24)17(27)12-26-14-18-13-19-26/h2-3,13-14H,4-12H2,1H3. The molecule has 0 unspecified atom stereocenters. The smallest absolute Gasteiger partial charge is 0.244 e. The van der Waals surface area contributed by atoms with Gasteiger partial charge in [-0.2, -0.15) is 5.10 Å². The van der Waals surface area contributed by atoms with Gasteiger partial charge in [0.15, 0.2) is 11.6 Å². The van der Waals surface area contributed by atoms with E-state index in [4.69, 9.17) is 0 Å². The van der Waals surface area contributed by atoms with Crippen LogP contribution in [0.25, 0.3) is 0 Å². The second-order valence-corrected chi connectivity index (χ2v) is 7.00. The quantitative estimate of drug-likeness (QED) is 0.688. The van der Waals surface area contributed by atoms with Crippen LogP contribution < -0.4 is 9.80 Å². The highest BCUT2D eigenvalue weighted by molar-refractivity contribution is 5.76. The van der Waals surface area contributed by atoms with Gasteiger partial charge in [0, 0.05) is 52.4 Å². The normalized spacial score (nSPS) is 18.8. The number of aromatic nitrogens is 5. The van der Waals surface area contributed by atoms with Gasteiger partial charge < -0.3 is 19.6 Å². The maximum Gasteiger partial charge on any atom is 0.244 e. The first-order valence-electron chi connectivity index (χ1n) is 9.31. The second-order valence-electron chi connectivity index (χ2n) is 7.00. The molecule has 2 saturated heterocycles. The first kappa shape index (κ1) is 17.7. The SMILES string of the molecule is CN1CCN(c2ccc(N3CCN(C(=O)Cn4cncn4)CC3)nn2)CC1. The van der Waals surface area contributed by atoms with Crippen LogP contribution in [0, 0.1) is 0 Å². The van der Waals surface area contributed by atoms with Crippen molar-refractivity contribution in [2.75, 3.05) is 69.2 Å². The van der Waals surface area contributed by atoms with E-state index in [2.05, 4.69) is 48.1 Å². The second kappa shape index (κ2) is 7.87. The van der Waals surface area contributed by atoms with Gasteiger partial charge in [-0.3, -0.25) is 4.79 Å². The summed E-state index contributed by atoms with van der Waals surface area (Å²) < 4.78 is 1.55. The van der Waals surface area contributed by atoms with Crippen molar-refractivity contribution in [1.82, 2.24) is 34.8 Å². The average molecular weight is 371 g/mol. The van der Waals surface area contributed by atoms with E-state index in [9.17, 15) is 4.79 Å². The van der Waals surface area contributed by atoms with E-state index in [-0.39, 0.29) is 12.5 Å². The summed E-state index contributed by atoms with van der Waals surface area (Å²) in [7, 11) is 2.14. The molecule has 0 spiro atoms. The van der Waals surface area contributed by atoms with Gasteiger partial charge >= 0.3 is 0 Å². The Labute approximate surface area is 158 Å². The van der Waals surface area contributed by atoms with Gasteiger partial charge in [0.05, 0.1) is 0 Å². The van der Waals surface area contributed by atoms with E-state index in [0.717, 1.165) is 50.9 Å². The Kier molecular flexibility index (Phi) is 5.14. The van der Waals surface area contributed by atoms with E-state index >= 15 is 0 Å². The maximum atomic E-state index is 12.3. The van der Waals surface area contributed by atoms with Crippen molar-refractivity contribution < 1.29 is 4.79 Å². The largest absolute Gasteiger partial charge is 0.353 e. The zero-order valence-electron chi connectivity index (χ0n) is 15.6. The molecule has 27 heavy (non-hydrogen) atoms. The van der Waals surface area contributed by atoms with Gasteiger partial charge in [-0.25, -0.2) is 9.67 Å². The molecule has 0 radical (unpaired) electrons. The highest BCUT2D eigenvalue weighted by Crippen LogP contribution is 2.17. The Morgan fingerprint density at radius 3 is 2.04 bits per heavy atom. The van der Waals surface area contributed by atoms with Gasteiger partial charge in [-0.1, -0.05) is 0 Å². The molecule has 144 valence electrons. The fraction of sp³-hybridized carbons (Fsp3) is 0.588. The van der Waals surface area contributed by atoms with Crippen molar-refractivity contribution in [3.8, 4) is 0 Å². The molecule has 10 nitrogen and oxygen atoms in total. The fourth-order valence-corrected chi connectivity index (χ4v) is 3.43. The minimum atomic E-state index is 0.0663. The Morgan fingerprint density at radius 2 is 1.52 bits per heavy atom. The van der Waals surface area contributed by atoms with Gasteiger partial charge in [-0.05, 0) is 19.2 Å². The molecule has 0 aliphatic carbocycles. The number of hydrogen-bond donors (Lipinski definition) is 0. The van der Waals surface area contributed by atoms with E-state index < -0.39 is 0 Å². The minimum absolute atomic E-state index is 0.0663. The summed E-state index contributed by atoms with van der Waals surface area (Å²) in [6.45, 7) is 7.16. The predicted octanol–water partition coefficient (Wildman–Crippen LogP) is -0.831. The van der Waals surface area contributed by atoms with Crippen molar-refractivity contribution in [2.45, 2.75) is 6.54 Å². The number of rotatable bonds is 4. The predicted molar refractivity (Wildman–Crippen MR) is 101 cm³/mol. The minimum Gasteiger partial charge on any atom is -0.353 e. The van der Waals surface area contributed by atoms with Gasteiger partial charge in [0.2, 0.25) is 5.91 Å². The molecule has 4 heterocycles. The number of piperazine rings is 2. The van der Waals surface area contributed by atoms with Crippen LogP contribution in [0.15, 0.2) is 24.8 Å². The maximum absolute atomic E-state index is 12.3. The monoisotopic (exact) mass is 371 g/mol. The lowest BCUT2D eigenvalue weighted by molar-refractivity contribution is -0.132. The van der Waals surface area contributed by atoms with Crippen LogP contribution in [-0.4, -0.2) is 100 Å². The summed E-state index contributed by atoms with van der Waals surface area (Å²) in [6, 6.07) is 4.09. The van der Waals surface area contributed by atoms with Crippen LogP contribution in [-0.2, 0) is 11.3 Å². The topological polar surface area (TPSA) is 86.5 Å². The first-order valence-corrected chi connectivity index (χ1v) is 9.31. The zero-order valence-corrected chi connectivity index (χ0v) is 15.6. The summed E-state index contributed by atoms with van der Waals surface area (Å²) in [5.74, 6) is 1.88. The lowest BCUT2D eigenvalue weighted by atomic mass is 10.3. The van der Waals surface area contributed by atoms with Crippen molar-refractivity contribution in [2.24, 2.45) is 0 Å². The third-order valence-corrected chi connectivity index (χ3v) is 5.18. The number of amides is 1. The van der Waals surface area contributed by atoms with E-state index in [1.54, 1.807) is 11.0 Å². The number of hydrogen-bond acceptors (Lipinski definition) is 8. The fourth-order valence-electron chi connectivity index (χ4n) is 3.43. The molecule has 2 aliphatic rings. The van der Waals surface area contributed by atoms with Crippen LogP contribution >= 0.6 is 0 Å². The molecule has 0 atom stereocenters. The van der Waals surface area contributed by atoms with Crippen molar-refractivity contribution in [1.29, 1.82) is 0 Å². The molecule has 0 aromatic carbocycles. The molecule has 2 fully saturated rings. The first-order chi connectivity index (χ1) is 13.2. The van der Waals surface area contributed by atoms with E-state index in [1.165, 1.54) is 6.33 Å². The lowest BCUT2D eigenvalue weighted by Crippen LogP contribution is -2.50. The van der Waals surface area contributed by atoms with Crippen molar-refractivity contribution in [3.05, 3.63) is 24.8 Å². The molecular weight excluding hydrogens is 346 g/mol. The highest BCUT2D eigenvalue weighted by Gasteiger charge is 2.23. The number of anilines is 2. The number of nitrogens with zero attached hydrogens (tertiary/aromatic N) is 9. The highest BCUT2D eigenvalue weighted by atomic mass is 16.2. The van der Waals surface area contributed by atoms with Crippen LogP contribution in [0.1, 0.15) is 0 Å². The van der Waals surface area contributed by atoms with Crippen LogP contribution in [0.3, 0.4) is 0 Å². The number of likely N-dealkylation sites (N-methyl/N-ethyl adjacent to an activating group) is 1. The average Bonchev–Trinajstić information content (AvgIpc) is 3.22.